The third-order valence-corrected chi connectivity index (χ3v) is 7.67. The van der Waals surface area contributed by atoms with E-state index in [1.807, 2.05) is 38.1 Å². The highest BCUT2D eigenvalue weighted by molar-refractivity contribution is 7.83. The molecule has 4 rings (SSSR count). The zero-order chi connectivity index (χ0) is 24.9. The third kappa shape index (κ3) is 5.75. The van der Waals surface area contributed by atoms with Gasteiger partial charge in [-0.05, 0) is 62.4 Å². The molecule has 3 aromatic rings. The first kappa shape index (κ1) is 25.0. The van der Waals surface area contributed by atoms with Crippen molar-refractivity contribution in [1.82, 2.24) is 14.9 Å². The number of benzene rings is 2. The number of fused-ring (bicyclic) bond motifs is 1. The first-order chi connectivity index (χ1) is 16.9. The number of carbonyl (C=O) groups is 1. The fourth-order valence-electron chi connectivity index (χ4n) is 4.09. The normalized spacial score (nSPS) is 15.8. The van der Waals surface area contributed by atoms with E-state index in [9.17, 15) is 14.3 Å². The zero-order valence-corrected chi connectivity index (χ0v) is 21.4. The van der Waals surface area contributed by atoms with Gasteiger partial charge in [-0.1, -0.05) is 29.5 Å². The molecular weight excluding hydrogens is 484 g/mol. The summed E-state index contributed by atoms with van der Waals surface area (Å²) in [7, 11) is -0.238. The minimum atomic E-state index is -1.52. The summed E-state index contributed by atoms with van der Waals surface area (Å²) in [5.41, 5.74) is 4.47. The lowest BCUT2D eigenvalue weighted by atomic mass is 9.85. The Morgan fingerprint density at radius 2 is 2.09 bits per heavy atom. The quantitative estimate of drug-likeness (QED) is 0.449. The van der Waals surface area contributed by atoms with Crippen molar-refractivity contribution < 1.29 is 18.5 Å². The summed E-state index contributed by atoms with van der Waals surface area (Å²) in [5, 5.41) is 19.9. The van der Waals surface area contributed by atoms with Gasteiger partial charge in [0.2, 0.25) is 0 Å². The Morgan fingerprint density at radius 3 is 2.83 bits per heavy atom. The summed E-state index contributed by atoms with van der Waals surface area (Å²) >= 11 is 1.46. The lowest BCUT2D eigenvalue weighted by Crippen LogP contribution is -2.31. The molecule has 0 amide bonds. The van der Waals surface area contributed by atoms with Crippen LogP contribution in [-0.4, -0.2) is 39.3 Å². The molecular formula is C25H26N4O4S2. The molecule has 0 saturated heterocycles. The number of esters is 1. The molecule has 1 heterocycles. The van der Waals surface area contributed by atoms with Gasteiger partial charge in [-0.15, -0.1) is 10.2 Å². The van der Waals surface area contributed by atoms with Gasteiger partial charge in [-0.2, -0.15) is 5.26 Å². The van der Waals surface area contributed by atoms with Crippen molar-refractivity contribution in [3.8, 4) is 33.0 Å². The summed E-state index contributed by atoms with van der Waals surface area (Å²) in [6.45, 7) is 3.84. The number of hydrogen-bond acceptors (Lipinski definition) is 8. The molecule has 1 aliphatic carbocycles. The van der Waals surface area contributed by atoms with Crippen LogP contribution in [0, 0.1) is 11.3 Å². The highest BCUT2D eigenvalue weighted by Crippen LogP contribution is 2.39. The molecule has 0 radical (unpaired) electrons. The van der Waals surface area contributed by atoms with E-state index >= 15 is 0 Å². The van der Waals surface area contributed by atoms with E-state index in [-0.39, 0.29) is 17.9 Å². The van der Waals surface area contributed by atoms with Gasteiger partial charge in [-0.3, -0.25) is 4.79 Å². The van der Waals surface area contributed by atoms with Crippen LogP contribution in [0.1, 0.15) is 49.4 Å². The largest absolute Gasteiger partial charge is 0.490 e. The summed E-state index contributed by atoms with van der Waals surface area (Å²) in [5.74, 6) is -0.144. The van der Waals surface area contributed by atoms with Gasteiger partial charge >= 0.3 is 5.97 Å². The molecule has 0 bridgehead atoms. The Balaban J connectivity index is 1.60. The highest BCUT2D eigenvalue weighted by atomic mass is 32.2. The van der Waals surface area contributed by atoms with Crippen LogP contribution >= 0.6 is 11.3 Å². The average molecular weight is 511 g/mol. The monoisotopic (exact) mass is 510 g/mol. The van der Waals surface area contributed by atoms with Crippen molar-refractivity contribution >= 4 is 28.3 Å². The van der Waals surface area contributed by atoms with Crippen molar-refractivity contribution in [2.75, 3.05) is 12.9 Å². The van der Waals surface area contributed by atoms with Crippen molar-refractivity contribution in [1.29, 1.82) is 5.26 Å². The van der Waals surface area contributed by atoms with E-state index < -0.39 is 17.0 Å². The Kier molecular flexibility index (Phi) is 7.90. The number of nitrogens with zero attached hydrogens (tertiary/aromatic N) is 3. The second kappa shape index (κ2) is 11.1. The summed E-state index contributed by atoms with van der Waals surface area (Å²) < 4.78 is 25.8. The molecule has 2 unspecified atom stereocenters. The van der Waals surface area contributed by atoms with Crippen LogP contribution in [0.15, 0.2) is 36.4 Å². The van der Waals surface area contributed by atoms with E-state index in [0.717, 1.165) is 51.5 Å². The lowest BCUT2D eigenvalue weighted by Gasteiger charge is -2.27. The van der Waals surface area contributed by atoms with E-state index in [0.29, 0.717) is 11.3 Å². The van der Waals surface area contributed by atoms with Crippen molar-refractivity contribution in [2.45, 2.75) is 45.3 Å². The Labute approximate surface area is 210 Å². The molecule has 0 fully saturated rings. The second-order valence-corrected chi connectivity index (χ2v) is 10.6. The maximum atomic E-state index is 12.4. The molecule has 1 aliphatic rings. The standard InChI is InChI=1S/C25H26N4O4S2/c1-15(2)33-22-11-10-16(12-17(22)13-26)24-27-28-25(34-24)20-8-4-7-19-18(20)6-5-9-21(19)29-35(31)14-23(30)32-3/h4,7-8,10-12,15,21,29H,5-6,9,14H2,1-3H3. The van der Waals surface area contributed by atoms with Gasteiger partial charge < -0.3 is 9.47 Å². The van der Waals surface area contributed by atoms with Crippen molar-refractivity contribution in [3.63, 3.8) is 0 Å². The highest BCUT2D eigenvalue weighted by Gasteiger charge is 2.26. The van der Waals surface area contributed by atoms with E-state index in [4.69, 9.17) is 4.74 Å². The van der Waals surface area contributed by atoms with Crippen LogP contribution < -0.4 is 9.46 Å². The first-order valence-electron chi connectivity index (χ1n) is 11.3. The molecule has 1 aromatic heterocycles. The van der Waals surface area contributed by atoms with Crippen molar-refractivity contribution in [2.24, 2.45) is 0 Å². The van der Waals surface area contributed by atoms with Gasteiger partial charge in [0.05, 0.1) is 18.8 Å². The number of hydrogen-bond donors (Lipinski definition) is 1. The van der Waals surface area contributed by atoms with Gasteiger partial charge in [0, 0.05) is 17.2 Å². The maximum Gasteiger partial charge on any atom is 0.319 e. The van der Waals surface area contributed by atoms with Crippen LogP contribution in [0.2, 0.25) is 0 Å². The first-order valence-corrected chi connectivity index (χ1v) is 13.4. The van der Waals surface area contributed by atoms with Crippen LogP contribution in [-0.2, 0) is 26.9 Å². The fourth-order valence-corrected chi connectivity index (χ4v) is 5.96. The van der Waals surface area contributed by atoms with Crippen LogP contribution in [0.25, 0.3) is 21.1 Å². The Hall–Kier alpha value is -3.13. The van der Waals surface area contributed by atoms with Crippen LogP contribution in [0.3, 0.4) is 0 Å². The molecule has 2 atom stereocenters. The molecule has 182 valence electrons. The Morgan fingerprint density at radius 1 is 1.29 bits per heavy atom. The molecule has 0 aliphatic heterocycles. The lowest BCUT2D eigenvalue weighted by molar-refractivity contribution is -0.137. The molecule has 0 spiro atoms. The molecule has 8 nitrogen and oxygen atoms in total. The summed E-state index contributed by atoms with van der Waals surface area (Å²) in [4.78, 5) is 11.5. The molecule has 2 aromatic carbocycles. The van der Waals surface area contributed by atoms with E-state index in [1.54, 1.807) is 12.1 Å². The van der Waals surface area contributed by atoms with Gasteiger partial charge in [-0.25, -0.2) is 8.93 Å². The molecule has 35 heavy (non-hydrogen) atoms. The third-order valence-electron chi connectivity index (χ3n) is 5.62. The number of rotatable bonds is 8. The minimum absolute atomic E-state index is 0.0263. The number of nitrogens with one attached hydrogen (secondary N) is 1. The second-order valence-electron chi connectivity index (χ2n) is 8.40. The summed E-state index contributed by atoms with van der Waals surface area (Å²) in [6, 6.07) is 13.6. The van der Waals surface area contributed by atoms with Gasteiger partial charge in [0.25, 0.3) is 0 Å². The molecule has 0 saturated carbocycles. The number of aromatic nitrogens is 2. The number of methoxy groups -OCH3 is 1. The zero-order valence-electron chi connectivity index (χ0n) is 19.7. The van der Waals surface area contributed by atoms with E-state index in [1.165, 1.54) is 18.4 Å². The molecule has 10 heteroatoms. The topological polar surface area (TPSA) is 114 Å². The maximum absolute atomic E-state index is 12.4. The van der Waals surface area contributed by atoms with Crippen molar-refractivity contribution in [3.05, 3.63) is 53.1 Å². The number of ether oxygens (including phenoxy) is 2. The SMILES string of the molecule is COC(=O)CS(=O)NC1CCCc2c(-c3nnc(-c4ccc(OC(C)C)c(C#N)c4)s3)cccc21. The number of nitriles is 1. The van der Waals surface area contributed by atoms with E-state index in [2.05, 4.69) is 25.7 Å². The predicted octanol–water partition coefficient (Wildman–Crippen LogP) is 4.33. The predicted molar refractivity (Wildman–Crippen MR) is 135 cm³/mol. The smallest absolute Gasteiger partial charge is 0.319 e. The summed E-state index contributed by atoms with van der Waals surface area (Å²) in [6.07, 6.45) is 2.60. The molecule has 1 N–H and O–H groups in total. The van der Waals surface area contributed by atoms with Crippen LogP contribution in [0.5, 0.6) is 5.75 Å². The van der Waals surface area contributed by atoms with Crippen LogP contribution in [0.4, 0.5) is 0 Å². The Bertz CT molecular complexity index is 1300. The fraction of sp³-hybridized carbons (Fsp3) is 0.360. The number of carbonyl (C=O) groups excluding carboxylic acids is 1. The van der Waals surface area contributed by atoms with Gasteiger partial charge in [0.1, 0.15) is 38.6 Å². The van der Waals surface area contributed by atoms with Gasteiger partial charge in [0.15, 0.2) is 0 Å². The average Bonchev–Trinajstić information content (AvgIpc) is 3.34. The minimum Gasteiger partial charge on any atom is -0.490 e.